The molecule has 1 saturated heterocycles. The Kier molecular flexibility index (Phi) is 4.85. The molecule has 8 heteroatoms. The van der Waals surface area contributed by atoms with Gasteiger partial charge in [0.25, 0.3) is 5.91 Å². The van der Waals surface area contributed by atoms with Crippen LogP contribution in [-0.4, -0.2) is 41.8 Å². The number of halogens is 4. The Balaban J connectivity index is 2.20. The molecule has 0 spiro atoms. The van der Waals surface area contributed by atoms with Crippen LogP contribution in [0.1, 0.15) is 10.4 Å². The molecule has 0 atom stereocenters. The van der Waals surface area contributed by atoms with Crippen molar-refractivity contribution >= 4 is 33.6 Å². The number of alkyl halides is 3. The zero-order valence-electron chi connectivity index (χ0n) is 10.2. The predicted octanol–water partition coefficient (Wildman–Crippen LogP) is 3.54. The summed E-state index contributed by atoms with van der Waals surface area (Å²) in [6.07, 6.45) is -4.77. The second-order valence-electron chi connectivity index (χ2n) is 4.13. The normalized spacial score (nSPS) is 16.1. The first-order chi connectivity index (χ1) is 9.35. The van der Waals surface area contributed by atoms with Crippen LogP contribution in [0.4, 0.5) is 13.2 Å². The van der Waals surface area contributed by atoms with E-state index in [1.807, 2.05) is 0 Å². The smallest absolute Gasteiger partial charge is 0.406 e. The van der Waals surface area contributed by atoms with E-state index in [1.54, 1.807) is 16.7 Å². The molecular formula is C12H11BrF3NO2S. The molecule has 20 heavy (non-hydrogen) atoms. The van der Waals surface area contributed by atoms with Gasteiger partial charge in [-0.2, -0.15) is 11.8 Å². The van der Waals surface area contributed by atoms with Crippen LogP contribution in [0.25, 0.3) is 0 Å². The maximum absolute atomic E-state index is 12.2. The first kappa shape index (κ1) is 15.5. The molecule has 0 N–H and O–H groups in total. The SMILES string of the molecule is O=C(c1cc(Br)cc(OC(F)(F)F)c1)N1CCSCC1. The number of amides is 1. The summed E-state index contributed by atoms with van der Waals surface area (Å²) >= 11 is 4.84. The molecule has 0 aromatic heterocycles. The highest BCUT2D eigenvalue weighted by Crippen LogP contribution is 2.28. The number of ether oxygens (including phenoxy) is 1. The zero-order chi connectivity index (χ0) is 14.8. The van der Waals surface area contributed by atoms with Gasteiger partial charge in [-0.1, -0.05) is 15.9 Å². The lowest BCUT2D eigenvalue weighted by molar-refractivity contribution is -0.274. The molecule has 1 aromatic carbocycles. The number of benzene rings is 1. The van der Waals surface area contributed by atoms with Gasteiger partial charge in [0, 0.05) is 34.6 Å². The quantitative estimate of drug-likeness (QED) is 0.798. The number of hydrogen-bond donors (Lipinski definition) is 0. The largest absolute Gasteiger partial charge is 0.573 e. The molecule has 2 rings (SSSR count). The molecule has 0 unspecified atom stereocenters. The van der Waals surface area contributed by atoms with Crippen molar-refractivity contribution in [3.8, 4) is 5.75 Å². The van der Waals surface area contributed by atoms with E-state index < -0.39 is 12.1 Å². The van der Waals surface area contributed by atoms with Crippen molar-refractivity contribution in [3.63, 3.8) is 0 Å². The monoisotopic (exact) mass is 369 g/mol. The van der Waals surface area contributed by atoms with Crippen LogP contribution in [0, 0.1) is 0 Å². The van der Waals surface area contributed by atoms with Crippen LogP contribution >= 0.6 is 27.7 Å². The Labute approximate surface area is 126 Å². The van der Waals surface area contributed by atoms with E-state index in [-0.39, 0.29) is 11.5 Å². The van der Waals surface area contributed by atoms with Gasteiger partial charge < -0.3 is 9.64 Å². The average Bonchev–Trinajstić information content (AvgIpc) is 2.36. The van der Waals surface area contributed by atoms with Crippen LogP contribution in [0.15, 0.2) is 22.7 Å². The van der Waals surface area contributed by atoms with E-state index in [4.69, 9.17) is 0 Å². The number of rotatable bonds is 2. The lowest BCUT2D eigenvalue weighted by Gasteiger charge is -2.26. The van der Waals surface area contributed by atoms with E-state index in [0.717, 1.165) is 17.6 Å². The molecule has 0 aliphatic carbocycles. The van der Waals surface area contributed by atoms with Crippen molar-refractivity contribution in [3.05, 3.63) is 28.2 Å². The maximum Gasteiger partial charge on any atom is 0.573 e. The van der Waals surface area contributed by atoms with Gasteiger partial charge in [-0.3, -0.25) is 4.79 Å². The fourth-order valence-electron chi connectivity index (χ4n) is 1.83. The first-order valence-electron chi connectivity index (χ1n) is 5.78. The molecule has 1 heterocycles. The predicted molar refractivity (Wildman–Crippen MR) is 74.1 cm³/mol. The van der Waals surface area contributed by atoms with E-state index in [1.165, 1.54) is 12.1 Å². The Morgan fingerprint density at radius 3 is 2.50 bits per heavy atom. The minimum absolute atomic E-state index is 0.186. The number of nitrogens with zero attached hydrogens (tertiary/aromatic N) is 1. The summed E-state index contributed by atoms with van der Waals surface area (Å²) in [6, 6.07) is 3.78. The third-order valence-corrected chi connectivity index (χ3v) is 4.05. The molecule has 1 fully saturated rings. The Bertz CT molecular complexity index is 504. The highest BCUT2D eigenvalue weighted by atomic mass is 79.9. The summed E-state index contributed by atoms with van der Waals surface area (Å²) in [7, 11) is 0. The molecular weight excluding hydrogens is 359 g/mol. The van der Waals surface area contributed by atoms with E-state index >= 15 is 0 Å². The fraction of sp³-hybridized carbons (Fsp3) is 0.417. The minimum atomic E-state index is -4.77. The molecule has 1 aliphatic heterocycles. The molecule has 3 nitrogen and oxygen atoms in total. The number of thioether (sulfide) groups is 1. The second kappa shape index (κ2) is 6.26. The van der Waals surface area contributed by atoms with Crippen LogP contribution in [0.3, 0.4) is 0 Å². The van der Waals surface area contributed by atoms with Crippen molar-refractivity contribution in [1.82, 2.24) is 4.90 Å². The maximum atomic E-state index is 12.2. The summed E-state index contributed by atoms with van der Waals surface area (Å²) < 4.78 is 40.9. The number of carbonyl (C=O) groups excluding carboxylic acids is 1. The third kappa shape index (κ3) is 4.31. The molecule has 0 bridgehead atoms. The van der Waals surface area contributed by atoms with Crippen LogP contribution in [-0.2, 0) is 0 Å². The van der Waals surface area contributed by atoms with Gasteiger partial charge in [0.2, 0.25) is 0 Å². The number of carbonyl (C=O) groups is 1. The van der Waals surface area contributed by atoms with Crippen molar-refractivity contribution in [2.45, 2.75) is 6.36 Å². The summed E-state index contributed by atoms with van der Waals surface area (Å²) in [5.74, 6) is 0.998. The molecule has 0 radical (unpaired) electrons. The summed E-state index contributed by atoms with van der Waals surface area (Å²) in [6.45, 7) is 1.21. The van der Waals surface area contributed by atoms with Gasteiger partial charge in [-0.05, 0) is 18.2 Å². The average molecular weight is 370 g/mol. The minimum Gasteiger partial charge on any atom is -0.406 e. The summed E-state index contributed by atoms with van der Waals surface area (Å²) in [5.41, 5.74) is 0.186. The van der Waals surface area contributed by atoms with Crippen molar-refractivity contribution in [2.75, 3.05) is 24.6 Å². The Hall–Kier alpha value is -0.890. The van der Waals surface area contributed by atoms with Gasteiger partial charge in [0.15, 0.2) is 0 Å². The lowest BCUT2D eigenvalue weighted by Crippen LogP contribution is -2.37. The molecule has 0 saturated carbocycles. The van der Waals surface area contributed by atoms with Gasteiger partial charge in [-0.15, -0.1) is 13.2 Å². The van der Waals surface area contributed by atoms with Crippen molar-refractivity contribution in [1.29, 1.82) is 0 Å². The Morgan fingerprint density at radius 2 is 1.90 bits per heavy atom. The van der Waals surface area contributed by atoms with Gasteiger partial charge in [0.1, 0.15) is 5.75 Å². The van der Waals surface area contributed by atoms with Crippen LogP contribution in [0.2, 0.25) is 0 Å². The molecule has 110 valence electrons. The van der Waals surface area contributed by atoms with Crippen molar-refractivity contribution in [2.24, 2.45) is 0 Å². The van der Waals surface area contributed by atoms with Gasteiger partial charge >= 0.3 is 6.36 Å². The lowest BCUT2D eigenvalue weighted by atomic mass is 10.2. The Morgan fingerprint density at radius 1 is 1.25 bits per heavy atom. The highest BCUT2D eigenvalue weighted by Gasteiger charge is 2.31. The molecule has 1 aliphatic rings. The van der Waals surface area contributed by atoms with Crippen LogP contribution in [0.5, 0.6) is 5.75 Å². The zero-order valence-corrected chi connectivity index (χ0v) is 12.6. The topological polar surface area (TPSA) is 29.5 Å². The second-order valence-corrected chi connectivity index (χ2v) is 6.27. The van der Waals surface area contributed by atoms with E-state index in [9.17, 15) is 18.0 Å². The van der Waals surface area contributed by atoms with Crippen molar-refractivity contribution < 1.29 is 22.7 Å². The molecule has 1 aromatic rings. The first-order valence-corrected chi connectivity index (χ1v) is 7.73. The van der Waals surface area contributed by atoms with Gasteiger partial charge in [-0.25, -0.2) is 0 Å². The fourth-order valence-corrected chi connectivity index (χ4v) is 3.20. The third-order valence-electron chi connectivity index (χ3n) is 2.65. The molecule has 1 amide bonds. The van der Waals surface area contributed by atoms with E-state index in [2.05, 4.69) is 20.7 Å². The van der Waals surface area contributed by atoms with Crippen LogP contribution < -0.4 is 4.74 Å². The summed E-state index contributed by atoms with van der Waals surface area (Å²) in [4.78, 5) is 13.9. The standard InChI is InChI=1S/C12H11BrF3NO2S/c13-9-5-8(6-10(7-9)19-12(14,15)16)11(18)17-1-3-20-4-2-17/h5-7H,1-4H2. The van der Waals surface area contributed by atoms with E-state index in [0.29, 0.717) is 17.6 Å². The van der Waals surface area contributed by atoms with Gasteiger partial charge in [0.05, 0.1) is 0 Å². The highest BCUT2D eigenvalue weighted by molar-refractivity contribution is 9.10. The summed E-state index contributed by atoms with van der Waals surface area (Å²) in [5, 5.41) is 0. The number of hydrogen-bond acceptors (Lipinski definition) is 3.